The molecular formula is C12H20N2O2. The molecule has 90 valence electrons. The van der Waals surface area contributed by atoms with E-state index in [2.05, 4.69) is 25.9 Å². The van der Waals surface area contributed by atoms with E-state index in [9.17, 15) is 4.79 Å². The first-order valence-corrected chi connectivity index (χ1v) is 5.47. The van der Waals surface area contributed by atoms with Crippen molar-refractivity contribution in [3.8, 4) is 0 Å². The average Bonchev–Trinajstić information content (AvgIpc) is 2.45. The van der Waals surface area contributed by atoms with Crippen molar-refractivity contribution in [2.24, 2.45) is 7.05 Å². The highest BCUT2D eigenvalue weighted by Gasteiger charge is 2.25. The number of aryl methyl sites for hydroxylation is 1. The summed E-state index contributed by atoms with van der Waals surface area (Å²) in [7, 11) is 1.87. The predicted octanol–water partition coefficient (Wildman–Crippen LogP) is 2.30. The molecule has 4 nitrogen and oxygen atoms in total. The standard InChI is InChI=1S/C12H20N2O2/c1-8(6-10(15)16)9-7-14(5)13-11(9)12(2,3)4/h7-8H,6H2,1-5H3,(H,15,16). The van der Waals surface area contributed by atoms with Crippen LogP contribution in [0.3, 0.4) is 0 Å². The lowest BCUT2D eigenvalue weighted by molar-refractivity contribution is -0.137. The van der Waals surface area contributed by atoms with E-state index < -0.39 is 5.97 Å². The molecule has 0 amide bonds. The first-order valence-electron chi connectivity index (χ1n) is 5.47. The van der Waals surface area contributed by atoms with Gasteiger partial charge in [0.15, 0.2) is 0 Å². The summed E-state index contributed by atoms with van der Waals surface area (Å²) < 4.78 is 1.76. The molecule has 0 radical (unpaired) electrons. The second-order valence-electron chi connectivity index (χ2n) is 5.36. The Kier molecular flexibility index (Phi) is 3.41. The van der Waals surface area contributed by atoms with E-state index in [0.29, 0.717) is 0 Å². The normalized spacial score (nSPS) is 13.8. The molecule has 1 unspecified atom stereocenters. The quantitative estimate of drug-likeness (QED) is 0.857. The molecule has 1 rings (SSSR count). The van der Waals surface area contributed by atoms with Gasteiger partial charge in [0.1, 0.15) is 0 Å². The van der Waals surface area contributed by atoms with Crippen LogP contribution >= 0.6 is 0 Å². The molecule has 0 aliphatic carbocycles. The molecule has 1 N–H and O–H groups in total. The number of aliphatic carboxylic acids is 1. The van der Waals surface area contributed by atoms with Crippen molar-refractivity contribution in [1.82, 2.24) is 9.78 Å². The number of carboxylic acids is 1. The van der Waals surface area contributed by atoms with Crippen LogP contribution in [0.5, 0.6) is 0 Å². The molecule has 1 aromatic rings. The van der Waals surface area contributed by atoms with Crippen LogP contribution < -0.4 is 0 Å². The molecule has 0 aliphatic heterocycles. The lowest BCUT2D eigenvalue weighted by Gasteiger charge is -2.19. The minimum atomic E-state index is -0.767. The number of hydrogen-bond acceptors (Lipinski definition) is 2. The number of carboxylic acid groups (broad SMARTS) is 1. The zero-order valence-corrected chi connectivity index (χ0v) is 10.6. The van der Waals surface area contributed by atoms with Crippen LogP contribution in [-0.2, 0) is 17.3 Å². The first-order chi connectivity index (χ1) is 7.21. The summed E-state index contributed by atoms with van der Waals surface area (Å²) in [6.45, 7) is 8.20. The number of nitrogens with zero attached hydrogens (tertiary/aromatic N) is 2. The molecule has 0 aliphatic rings. The molecule has 0 saturated heterocycles. The van der Waals surface area contributed by atoms with Crippen molar-refractivity contribution in [3.05, 3.63) is 17.5 Å². The monoisotopic (exact) mass is 224 g/mol. The van der Waals surface area contributed by atoms with E-state index in [1.165, 1.54) is 0 Å². The van der Waals surface area contributed by atoms with Gasteiger partial charge in [-0.25, -0.2) is 0 Å². The third-order valence-electron chi connectivity index (χ3n) is 2.58. The summed E-state index contributed by atoms with van der Waals surface area (Å²) in [6, 6.07) is 0. The lowest BCUT2D eigenvalue weighted by atomic mass is 9.85. The van der Waals surface area contributed by atoms with Gasteiger partial charge in [0.25, 0.3) is 0 Å². The summed E-state index contributed by atoms with van der Waals surface area (Å²) in [5, 5.41) is 13.3. The maximum Gasteiger partial charge on any atom is 0.303 e. The Hall–Kier alpha value is -1.32. The third-order valence-corrected chi connectivity index (χ3v) is 2.58. The highest BCUT2D eigenvalue weighted by Crippen LogP contribution is 2.30. The van der Waals surface area contributed by atoms with Crippen LogP contribution in [0.25, 0.3) is 0 Å². The van der Waals surface area contributed by atoms with Gasteiger partial charge in [-0.15, -0.1) is 0 Å². The molecule has 0 bridgehead atoms. The van der Waals surface area contributed by atoms with Gasteiger partial charge < -0.3 is 5.11 Å². The Labute approximate surface area is 96.3 Å². The highest BCUT2D eigenvalue weighted by atomic mass is 16.4. The fraction of sp³-hybridized carbons (Fsp3) is 0.667. The molecular weight excluding hydrogens is 204 g/mol. The Morgan fingerprint density at radius 1 is 1.56 bits per heavy atom. The summed E-state index contributed by atoms with van der Waals surface area (Å²) >= 11 is 0. The maximum absolute atomic E-state index is 10.7. The van der Waals surface area contributed by atoms with Crippen LogP contribution in [0.4, 0.5) is 0 Å². The second-order valence-corrected chi connectivity index (χ2v) is 5.36. The van der Waals surface area contributed by atoms with E-state index in [0.717, 1.165) is 11.3 Å². The Morgan fingerprint density at radius 3 is 2.56 bits per heavy atom. The van der Waals surface area contributed by atoms with Crippen LogP contribution in [0.2, 0.25) is 0 Å². The topological polar surface area (TPSA) is 55.1 Å². The van der Waals surface area contributed by atoms with Crippen molar-refractivity contribution in [2.45, 2.75) is 45.4 Å². The fourth-order valence-corrected chi connectivity index (χ4v) is 1.82. The molecule has 0 aromatic carbocycles. The Balaban J connectivity index is 3.08. The number of hydrogen-bond donors (Lipinski definition) is 1. The molecule has 0 spiro atoms. The predicted molar refractivity (Wildman–Crippen MR) is 62.6 cm³/mol. The Bertz CT molecular complexity index is 388. The van der Waals surface area contributed by atoms with Gasteiger partial charge in [-0.1, -0.05) is 27.7 Å². The number of rotatable bonds is 3. The van der Waals surface area contributed by atoms with E-state index in [-0.39, 0.29) is 17.8 Å². The van der Waals surface area contributed by atoms with Crippen molar-refractivity contribution < 1.29 is 9.90 Å². The van der Waals surface area contributed by atoms with Gasteiger partial charge in [-0.3, -0.25) is 9.48 Å². The Morgan fingerprint density at radius 2 is 2.12 bits per heavy atom. The third kappa shape index (κ3) is 2.84. The van der Waals surface area contributed by atoms with E-state index in [1.807, 2.05) is 20.2 Å². The van der Waals surface area contributed by atoms with E-state index in [4.69, 9.17) is 5.11 Å². The van der Waals surface area contributed by atoms with Gasteiger partial charge in [0.2, 0.25) is 0 Å². The molecule has 1 aromatic heterocycles. The second kappa shape index (κ2) is 4.28. The highest BCUT2D eigenvalue weighted by molar-refractivity contribution is 5.68. The SMILES string of the molecule is CC(CC(=O)O)c1cn(C)nc1C(C)(C)C. The van der Waals surface area contributed by atoms with E-state index in [1.54, 1.807) is 4.68 Å². The summed E-state index contributed by atoms with van der Waals surface area (Å²) in [5.74, 6) is -0.767. The first kappa shape index (κ1) is 12.7. The molecule has 1 heterocycles. The molecule has 1 atom stereocenters. The molecule has 0 fully saturated rings. The number of carbonyl (C=O) groups is 1. The molecule has 4 heteroatoms. The maximum atomic E-state index is 10.7. The summed E-state index contributed by atoms with van der Waals surface area (Å²) in [5.41, 5.74) is 1.98. The molecule has 16 heavy (non-hydrogen) atoms. The van der Waals surface area contributed by atoms with Crippen LogP contribution in [0.15, 0.2) is 6.20 Å². The van der Waals surface area contributed by atoms with Crippen molar-refractivity contribution in [2.75, 3.05) is 0 Å². The molecule has 0 saturated carbocycles. The summed E-state index contributed by atoms with van der Waals surface area (Å²) in [6.07, 6.45) is 2.07. The van der Waals surface area contributed by atoms with Gasteiger partial charge >= 0.3 is 5.97 Å². The minimum absolute atomic E-state index is 0.000394. The average molecular weight is 224 g/mol. The van der Waals surface area contributed by atoms with Gasteiger partial charge in [0, 0.05) is 18.7 Å². The fourth-order valence-electron chi connectivity index (χ4n) is 1.82. The smallest absolute Gasteiger partial charge is 0.303 e. The van der Waals surface area contributed by atoms with Crippen molar-refractivity contribution in [1.29, 1.82) is 0 Å². The lowest BCUT2D eigenvalue weighted by Crippen LogP contribution is -2.16. The zero-order chi connectivity index (χ0) is 12.5. The number of aromatic nitrogens is 2. The van der Waals surface area contributed by atoms with Gasteiger partial charge in [-0.05, 0) is 11.5 Å². The van der Waals surface area contributed by atoms with Crippen LogP contribution in [0, 0.1) is 0 Å². The zero-order valence-electron chi connectivity index (χ0n) is 10.6. The largest absolute Gasteiger partial charge is 0.481 e. The van der Waals surface area contributed by atoms with Crippen molar-refractivity contribution in [3.63, 3.8) is 0 Å². The van der Waals surface area contributed by atoms with Crippen LogP contribution in [0.1, 0.15) is 51.3 Å². The minimum Gasteiger partial charge on any atom is -0.481 e. The van der Waals surface area contributed by atoms with Crippen LogP contribution in [-0.4, -0.2) is 20.9 Å². The van der Waals surface area contributed by atoms with Crippen molar-refractivity contribution >= 4 is 5.97 Å². The van der Waals surface area contributed by atoms with E-state index >= 15 is 0 Å². The summed E-state index contributed by atoms with van der Waals surface area (Å²) in [4.78, 5) is 10.7. The van der Waals surface area contributed by atoms with Gasteiger partial charge in [0.05, 0.1) is 12.1 Å². The van der Waals surface area contributed by atoms with Gasteiger partial charge in [-0.2, -0.15) is 5.10 Å².